The van der Waals surface area contributed by atoms with Crippen molar-refractivity contribution in [3.8, 4) is 0 Å². The summed E-state index contributed by atoms with van der Waals surface area (Å²) in [7, 11) is 0. The topological polar surface area (TPSA) is 43.1 Å². The lowest BCUT2D eigenvalue weighted by Crippen LogP contribution is -1.94. The van der Waals surface area contributed by atoms with Crippen molar-refractivity contribution in [2.24, 2.45) is 0 Å². The minimum Gasteiger partial charge on any atom is -0.398 e. The first-order valence-corrected chi connectivity index (χ1v) is 4.28. The minimum atomic E-state index is 0.209. The molecule has 3 heteroatoms. The maximum absolute atomic E-state index is 11.3. The van der Waals surface area contributed by atoms with Crippen molar-refractivity contribution >= 4 is 24.1 Å². The summed E-state index contributed by atoms with van der Waals surface area (Å²) < 4.78 is 0. The predicted molar refractivity (Wildman–Crippen MR) is 50.8 cm³/mol. The highest BCUT2D eigenvalue weighted by Gasteiger charge is 2.19. The van der Waals surface area contributed by atoms with Gasteiger partial charge in [-0.1, -0.05) is 0 Å². The molecule has 2 N–H and O–H groups in total. The summed E-state index contributed by atoms with van der Waals surface area (Å²) in [5.41, 5.74) is 8.17. The molecule has 0 atom stereocenters. The van der Waals surface area contributed by atoms with Gasteiger partial charge < -0.3 is 5.73 Å². The fourth-order valence-electron chi connectivity index (χ4n) is 1.50. The lowest BCUT2D eigenvalue weighted by Gasteiger charge is -2.02. The summed E-state index contributed by atoms with van der Waals surface area (Å²) in [6.07, 6.45) is 1.44. The van der Waals surface area contributed by atoms with Crippen LogP contribution < -0.4 is 5.73 Å². The molecule has 0 fully saturated rings. The van der Waals surface area contributed by atoms with Crippen LogP contribution in [0.3, 0.4) is 0 Å². The number of aryl methyl sites for hydroxylation is 1. The van der Waals surface area contributed by atoms with Crippen molar-refractivity contribution in [3.63, 3.8) is 0 Å². The van der Waals surface area contributed by atoms with Crippen molar-refractivity contribution in [3.05, 3.63) is 23.3 Å². The third-order valence-corrected chi connectivity index (χ3v) is 2.56. The molecule has 0 radical (unpaired) electrons. The van der Waals surface area contributed by atoms with E-state index in [0.29, 0.717) is 17.0 Å². The van der Waals surface area contributed by atoms with Gasteiger partial charge in [-0.3, -0.25) is 4.79 Å². The molecule has 1 aliphatic carbocycles. The Labute approximate surface area is 76.2 Å². The van der Waals surface area contributed by atoms with Crippen molar-refractivity contribution < 1.29 is 4.79 Å². The SMILES string of the molecule is Nc1cc2c(cc1S)C(=O)CC2. The highest BCUT2D eigenvalue weighted by molar-refractivity contribution is 7.80. The number of ketones is 1. The Kier molecular flexibility index (Phi) is 1.61. The molecule has 0 heterocycles. The van der Waals surface area contributed by atoms with Crippen LogP contribution in [0.2, 0.25) is 0 Å². The zero-order chi connectivity index (χ0) is 8.72. The summed E-state index contributed by atoms with van der Waals surface area (Å²) in [6.45, 7) is 0. The summed E-state index contributed by atoms with van der Waals surface area (Å²) in [5.74, 6) is 0.209. The molecular formula is C9H9NOS. The van der Waals surface area contributed by atoms with Crippen LogP contribution >= 0.6 is 12.6 Å². The Morgan fingerprint density at radius 3 is 2.83 bits per heavy atom. The zero-order valence-corrected chi connectivity index (χ0v) is 7.40. The maximum atomic E-state index is 11.3. The molecule has 0 amide bonds. The zero-order valence-electron chi connectivity index (χ0n) is 6.50. The van der Waals surface area contributed by atoms with E-state index in [2.05, 4.69) is 12.6 Å². The van der Waals surface area contributed by atoms with Crippen LogP contribution in [0.1, 0.15) is 22.3 Å². The molecule has 0 aliphatic heterocycles. The number of carbonyl (C=O) groups excluding carboxylic acids is 1. The molecule has 0 spiro atoms. The standard InChI is InChI=1S/C9H9NOS/c10-7-3-5-1-2-8(11)6(5)4-9(7)12/h3-4,12H,1-2,10H2. The predicted octanol–water partition coefficient (Wildman–Crippen LogP) is 1.69. The molecule has 2 rings (SSSR count). The number of nitrogen functional groups attached to an aromatic ring is 1. The fraction of sp³-hybridized carbons (Fsp3) is 0.222. The lowest BCUT2D eigenvalue weighted by atomic mass is 10.1. The molecule has 0 aromatic heterocycles. The Morgan fingerprint density at radius 1 is 1.33 bits per heavy atom. The fourth-order valence-corrected chi connectivity index (χ4v) is 1.70. The summed E-state index contributed by atoms with van der Waals surface area (Å²) in [5, 5.41) is 0. The molecule has 0 saturated heterocycles. The van der Waals surface area contributed by atoms with Crippen molar-refractivity contribution in [1.82, 2.24) is 0 Å². The van der Waals surface area contributed by atoms with Crippen LogP contribution in [0, 0.1) is 0 Å². The van der Waals surface area contributed by atoms with E-state index in [-0.39, 0.29) is 5.78 Å². The normalized spacial score (nSPS) is 14.9. The van der Waals surface area contributed by atoms with Gasteiger partial charge in [0.25, 0.3) is 0 Å². The van der Waals surface area contributed by atoms with Gasteiger partial charge in [-0.15, -0.1) is 12.6 Å². The minimum absolute atomic E-state index is 0.209. The number of hydrogen-bond acceptors (Lipinski definition) is 3. The van der Waals surface area contributed by atoms with Gasteiger partial charge in [-0.05, 0) is 24.1 Å². The first-order valence-electron chi connectivity index (χ1n) is 3.83. The number of anilines is 1. The summed E-state index contributed by atoms with van der Waals surface area (Å²) >= 11 is 4.16. The van der Waals surface area contributed by atoms with Gasteiger partial charge in [-0.2, -0.15) is 0 Å². The Morgan fingerprint density at radius 2 is 2.08 bits per heavy atom. The van der Waals surface area contributed by atoms with E-state index in [4.69, 9.17) is 5.73 Å². The second-order valence-electron chi connectivity index (χ2n) is 2.99. The van der Waals surface area contributed by atoms with Crippen LogP contribution in [0.15, 0.2) is 17.0 Å². The van der Waals surface area contributed by atoms with Gasteiger partial charge in [0.2, 0.25) is 0 Å². The summed E-state index contributed by atoms with van der Waals surface area (Å²) in [4.78, 5) is 12.0. The van der Waals surface area contributed by atoms with Crippen LogP contribution in [0.25, 0.3) is 0 Å². The largest absolute Gasteiger partial charge is 0.398 e. The number of thiol groups is 1. The Balaban J connectivity index is 2.63. The molecular weight excluding hydrogens is 170 g/mol. The molecule has 1 aromatic rings. The Bertz CT molecular complexity index is 360. The number of hydrogen-bond donors (Lipinski definition) is 2. The second-order valence-corrected chi connectivity index (χ2v) is 3.47. The number of Topliss-reactive ketones (excluding diaryl/α,β-unsaturated/α-hetero) is 1. The molecule has 62 valence electrons. The highest BCUT2D eigenvalue weighted by Crippen LogP contribution is 2.28. The van der Waals surface area contributed by atoms with Crippen LogP contribution in [-0.2, 0) is 6.42 Å². The van der Waals surface area contributed by atoms with E-state index in [1.54, 1.807) is 6.07 Å². The highest BCUT2D eigenvalue weighted by atomic mass is 32.1. The average molecular weight is 179 g/mol. The van der Waals surface area contributed by atoms with E-state index in [1.807, 2.05) is 6.07 Å². The van der Waals surface area contributed by atoms with Gasteiger partial charge in [0.05, 0.1) is 0 Å². The number of fused-ring (bicyclic) bond motifs is 1. The van der Waals surface area contributed by atoms with Gasteiger partial charge >= 0.3 is 0 Å². The van der Waals surface area contributed by atoms with Crippen LogP contribution in [0.4, 0.5) is 5.69 Å². The number of benzene rings is 1. The molecule has 0 bridgehead atoms. The molecule has 1 aliphatic rings. The van der Waals surface area contributed by atoms with Gasteiger partial charge in [-0.25, -0.2) is 0 Å². The first kappa shape index (κ1) is 7.68. The van der Waals surface area contributed by atoms with Crippen LogP contribution in [-0.4, -0.2) is 5.78 Å². The first-order chi connectivity index (χ1) is 5.68. The molecule has 1 aromatic carbocycles. The van der Waals surface area contributed by atoms with E-state index in [1.165, 1.54) is 0 Å². The molecule has 0 saturated carbocycles. The molecule has 2 nitrogen and oxygen atoms in total. The number of nitrogens with two attached hydrogens (primary N) is 1. The van der Waals surface area contributed by atoms with E-state index in [9.17, 15) is 4.79 Å². The number of rotatable bonds is 0. The second kappa shape index (κ2) is 2.52. The van der Waals surface area contributed by atoms with Crippen molar-refractivity contribution in [1.29, 1.82) is 0 Å². The van der Waals surface area contributed by atoms with Gasteiger partial charge in [0.1, 0.15) is 0 Å². The van der Waals surface area contributed by atoms with Crippen molar-refractivity contribution in [2.75, 3.05) is 5.73 Å². The number of carbonyl (C=O) groups is 1. The van der Waals surface area contributed by atoms with Gasteiger partial charge in [0, 0.05) is 22.6 Å². The third kappa shape index (κ3) is 1.01. The summed E-state index contributed by atoms with van der Waals surface area (Å²) in [6, 6.07) is 3.62. The van der Waals surface area contributed by atoms with E-state index < -0.39 is 0 Å². The quantitative estimate of drug-likeness (QED) is 0.470. The molecule has 12 heavy (non-hydrogen) atoms. The third-order valence-electron chi connectivity index (χ3n) is 2.17. The van der Waals surface area contributed by atoms with Crippen molar-refractivity contribution in [2.45, 2.75) is 17.7 Å². The lowest BCUT2D eigenvalue weighted by molar-refractivity contribution is 0.0994. The maximum Gasteiger partial charge on any atom is 0.163 e. The average Bonchev–Trinajstić information content (AvgIpc) is 2.35. The van der Waals surface area contributed by atoms with E-state index in [0.717, 1.165) is 17.5 Å². The smallest absolute Gasteiger partial charge is 0.163 e. The van der Waals surface area contributed by atoms with E-state index >= 15 is 0 Å². The molecule has 0 unspecified atom stereocenters. The Hall–Kier alpha value is -0.960. The van der Waals surface area contributed by atoms with Crippen LogP contribution in [0.5, 0.6) is 0 Å². The monoisotopic (exact) mass is 179 g/mol. The van der Waals surface area contributed by atoms with Gasteiger partial charge in [0.15, 0.2) is 5.78 Å².